The first kappa shape index (κ1) is 14.3. The van der Waals surface area contributed by atoms with E-state index in [4.69, 9.17) is 5.11 Å². The lowest BCUT2D eigenvalue weighted by atomic mass is 10.0. The van der Waals surface area contributed by atoms with Gasteiger partial charge in [0.2, 0.25) is 0 Å². The summed E-state index contributed by atoms with van der Waals surface area (Å²) >= 11 is 0. The van der Waals surface area contributed by atoms with Crippen LogP contribution in [0.5, 0.6) is 0 Å². The van der Waals surface area contributed by atoms with Gasteiger partial charge in [-0.05, 0) is 24.5 Å². The first-order valence-electron chi connectivity index (χ1n) is 6.83. The summed E-state index contributed by atoms with van der Waals surface area (Å²) < 4.78 is 0. The molecule has 0 bridgehead atoms. The molecule has 0 heterocycles. The minimum Gasteiger partial charge on any atom is -0.477 e. The zero-order valence-corrected chi connectivity index (χ0v) is 11.2. The molecule has 1 aromatic rings. The summed E-state index contributed by atoms with van der Waals surface area (Å²) in [6, 6.07) is 4.12. The number of nitrogens with one attached hydrogen (secondary N) is 1. The monoisotopic (exact) mass is 278 g/mol. The van der Waals surface area contributed by atoms with E-state index in [0.29, 0.717) is 5.69 Å². The molecule has 0 amide bonds. The maximum Gasteiger partial charge on any atom is 0.342 e. The molecule has 6 nitrogen and oxygen atoms in total. The van der Waals surface area contributed by atoms with Gasteiger partial charge in [-0.2, -0.15) is 0 Å². The fourth-order valence-electron chi connectivity index (χ4n) is 2.70. The summed E-state index contributed by atoms with van der Waals surface area (Å²) in [7, 11) is 0. The molecule has 0 aromatic heterocycles. The Balaban J connectivity index is 1.99. The van der Waals surface area contributed by atoms with Crippen LogP contribution in [0.2, 0.25) is 0 Å². The molecule has 0 aliphatic heterocycles. The van der Waals surface area contributed by atoms with Gasteiger partial charge in [0, 0.05) is 18.3 Å². The largest absolute Gasteiger partial charge is 0.477 e. The number of benzene rings is 1. The summed E-state index contributed by atoms with van der Waals surface area (Å²) in [5.41, 5.74) is -0.0364. The highest BCUT2D eigenvalue weighted by Gasteiger charge is 2.20. The van der Waals surface area contributed by atoms with Crippen molar-refractivity contribution in [2.24, 2.45) is 5.92 Å². The van der Waals surface area contributed by atoms with E-state index in [1.165, 1.54) is 37.8 Å². The number of nitrogens with zero attached hydrogens (tertiary/aromatic N) is 1. The van der Waals surface area contributed by atoms with Gasteiger partial charge in [0.1, 0.15) is 5.56 Å². The highest BCUT2D eigenvalue weighted by molar-refractivity contribution is 5.93. The van der Waals surface area contributed by atoms with Crippen LogP contribution in [-0.2, 0) is 0 Å². The predicted octanol–water partition coefficient (Wildman–Crippen LogP) is 3.29. The molecule has 0 unspecified atom stereocenters. The third kappa shape index (κ3) is 3.46. The Bertz CT molecular complexity index is 510. The van der Waals surface area contributed by atoms with Gasteiger partial charge in [-0.3, -0.25) is 10.1 Å². The zero-order valence-electron chi connectivity index (χ0n) is 11.2. The van der Waals surface area contributed by atoms with Crippen molar-refractivity contribution in [2.45, 2.75) is 32.1 Å². The van der Waals surface area contributed by atoms with Crippen molar-refractivity contribution < 1.29 is 14.8 Å². The Morgan fingerprint density at radius 3 is 2.70 bits per heavy atom. The van der Waals surface area contributed by atoms with E-state index in [-0.39, 0.29) is 11.3 Å². The first-order chi connectivity index (χ1) is 9.58. The number of nitro groups is 1. The van der Waals surface area contributed by atoms with Crippen LogP contribution in [0.4, 0.5) is 11.4 Å². The number of hydrogen-bond donors (Lipinski definition) is 2. The molecule has 2 rings (SSSR count). The van der Waals surface area contributed by atoms with Gasteiger partial charge in [0.05, 0.1) is 4.92 Å². The van der Waals surface area contributed by atoms with Crippen molar-refractivity contribution in [3.05, 3.63) is 33.9 Å². The molecule has 6 heteroatoms. The lowest BCUT2D eigenvalue weighted by Gasteiger charge is -2.11. The van der Waals surface area contributed by atoms with Crippen molar-refractivity contribution in [3.8, 4) is 0 Å². The van der Waals surface area contributed by atoms with Crippen molar-refractivity contribution in [2.75, 3.05) is 11.9 Å². The zero-order chi connectivity index (χ0) is 14.5. The quantitative estimate of drug-likeness (QED) is 0.615. The molecule has 20 heavy (non-hydrogen) atoms. The molecule has 1 aliphatic carbocycles. The van der Waals surface area contributed by atoms with Crippen LogP contribution in [-0.4, -0.2) is 22.5 Å². The Morgan fingerprint density at radius 2 is 2.10 bits per heavy atom. The molecule has 2 N–H and O–H groups in total. The molecule has 1 fully saturated rings. The van der Waals surface area contributed by atoms with Gasteiger partial charge < -0.3 is 10.4 Å². The van der Waals surface area contributed by atoms with E-state index < -0.39 is 10.9 Å². The van der Waals surface area contributed by atoms with Crippen LogP contribution in [0.15, 0.2) is 18.2 Å². The molecular formula is C14H18N2O4. The first-order valence-corrected chi connectivity index (χ1v) is 6.83. The van der Waals surface area contributed by atoms with Gasteiger partial charge in [-0.25, -0.2) is 4.79 Å². The van der Waals surface area contributed by atoms with E-state index >= 15 is 0 Å². The smallest absolute Gasteiger partial charge is 0.342 e. The second kappa shape index (κ2) is 6.36. The number of hydrogen-bond acceptors (Lipinski definition) is 4. The lowest BCUT2D eigenvalue weighted by Crippen LogP contribution is -2.08. The Kier molecular flexibility index (Phi) is 4.55. The summed E-state index contributed by atoms with van der Waals surface area (Å²) in [5.74, 6) is -0.532. The number of rotatable bonds is 6. The van der Waals surface area contributed by atoms with Gasteiger partial charge >= 0.3 is 5.97 Å². The number of anilines is 1. The highest BCUT2D eigenvalue weighted by Crippen LogP contribution is 2.28. The van der Waals surface area contributed by atoms with Crippen LogP contribution < -0.4 is 5.32 Å². The SMILES string of the molecule is O=C(O)c1cc(NCCC2CCCC2)ccc1[N+](=O)[O-]. The average Bonchev–Trinajstić information content (AvgIpc) is 2.91. The van der Waals surface area contributed by atoms with Crippen LogP contribution in [0.25, 0.3) is 0 Å². The van der Waals surface area contributed by atoms with Crippen molar-refractivity contribution in [1.82, 2.24) is 0 Å². The number of carboxylic acids is 1. The van der Waals surface area contributed by atoms with E-state index in [1.807, 2.05) is 0 Å². The fourth-order valence-corrected chi connectivity index (χ4v) is 2.70. The standard InChI is InChI=1S/C14H18N2O4/c17-14(18)12-9-11(5-6-13(12)16(19)20)15-8-7-10-3-1-2-4-10/h5-6,9-10,15H,1-4,7-8H2,(H,17,18). The van der Waals surface area contributed by atoms with E-state index in [2.05, 4.69) is 5.32 Å². The van der Waals surface area contributed by atoms with Crippen LogP contribution >= 0.6 is 0 Å². The molecule has 0 atom stereocenters. The second-order valence-corrected chi connectivity index (χ2v) is 5.16. The third-order valence-electron chi connectivity index (χ3n) is 3.78. The Labute approximate surface area is 117 Å². The molecule has 1 aromatic carbocycles. The van der Waals surface area contributed by atoms with Crippen LogP contribution in [0.3, 0.4) is 0 Å². The third-order valence-corrected chi connectivity index (χ3v) is 3.78. The minimum atomic E-state index is -1.28. The summed E-state index contributed by atoms with van der Waals surface area (Å²) in [4.78, 5) is 21.1. The Morgan fingerprint density at radius 1 is 1.40 bits per heavy atom. The Hall–Kier alpha value is -2.11. The lowest BCUT2D eigenvalue weighted by molar-refractivity contribution is -0.385. The van der Waals surface area contributed by atoms with Crippen molar-refractivity contribution >= 4 is 17.3 Å². The van der Waals surface area contributed by atoms with Gasteiger partial charge in [-0.15, -0.1) is 0 Å². The number of nitro benzene ring substituents is 1. The van der Waals surface area contributed by atoms with Crippen molar-refractivity contribution in [3.63, 3.8) is 0 Å². The van der Waals surface area contributed by atoms with Gasteiger partial charge in [0.25, 0.3) is 5.69 Å². The van der Waals surface area contributed by atoms with Crippen LogP contribution in [0.1, 0.15) is 42.5 Å². The molecular weight excluding hydrogens is 260 g/mol. The summed E-state index contributed by atoms with van der Waals surface area (Å²) in [5, 5.41) is 22.9. The van der Waals surface area contributed by atoms with E-state index in [9.17, 15) is 14.9 Å². The van der Waals surface area contributed by atoms with Crippen LogP contribution in [0, 0.1) is 16.0 Å². The molecule has 108 valence electrons. The second-order valence-electron chi connectivity index (χ2n) is 5.16. The number of carbonyl (C=O) groups is 1. The van der Waals surface area contributed by atoms with Crippen molar-refractivity contribution in [1.29, 1.82) is 0 Å². The highest BCUT2D eigenvalue weighted by atomic mass is 16.6. The molecule has 0 spiro atoms. The topological polar surface area (TPSA) is 92.5 Å². The molecule has 1 aliphatic rings. The predicted molar refractivity (Wildman–Crippen MR) is 75.1 cm³/mol. The fraction of sp³-hybridized carbons (Fsp3) is 0.500. The normalized spacial score (nSPS) is 15.2. The summed E-state index contributed by atoms with van der Waals surface area (Å²) in [6.07, 6.45) is 6.18. The average molecular weight is 278 g/mol. The molecule has 0 saturated heterocycles. The van der Waals surface area contributed by atoms with Gasteiger partial charge in [0.15, 0.2) is 0 Å². The maximum atomic E-state index is 11.0. The number of carboxylic acid groups (broad SMARTS) is 1. The summed E-state index contributed by atoms with van der Waals surface area (Å²) in [6.45, 7) is 0.765. The number of aromatic carboxylic acids is 1. The van der Waals surface area contributed by atoms with E-state index in [0.717, 1.165) is 18.9 Å². The maximum absolute atomic E-state index is 11.0. The minimum absolute atomic E-state index is 0.277. The van der Waals surface area contributed by atoms with E-state index in [1.54, 1.807) is 6.07 Å². The molecule has 0 radical (unpaired) electrons. The molecule has 1 saturated carbocycles. The van der Waals surface area contributed by atoms with Gasteiger partial charge in [-0.1, -0.05) is 25.7 Å².